The van der Waals surface area contributed by atoms with Crippen molar-refractivity contribution in [2.45, 2.75) is 32.2 Å². The van der Waals surface area contributed by atoms with Gasteiger partial charge < -0.3 is 10.1 Å². The fourth-order valence-corrected chi connectivity index (χ4v) is 3.84. The Hall–Kier alpha value is -2.59. The van der Waals surface area contributed by atoms with Crippen LogP contribution in [0.2, 0.25) is 5.02 Å². The molecule has 0 radical (unpaired) electrons. The quantitative estimate of drug-likeness (QED) is 0.631. The summed E-state index contributed by atoms with van der Waals surface area (Å²) in [6, 6.07) is 15.6. The molecule has 1 atom stereocenters. The molecule has 2 heterocycles. The molecule has 1 N–H and O–H groups in total. The lowest BCUT2D eigenvalue weighted by atomic mass is 9.97. The first kappa shape index (κ1) is 17.8. The van der Waals surface area contributed by atoms with Gasteiger partial charge in [0.2, 0.25) is 0 Å². The zero-order valence-corrected chi connectivity index (χ0v) is 15.9. The zero-order valence-electron chi connectivity index (χ0n) is 15.2. The molecule has 5 heteroatoms. The molecular weight excluding hydrogens is 360 g/mol. The highest BCUT2D eigenvalue weighted by Gasteiger charge is 2.27. The predicted octanol–water partition coefficient (Wildman–Crippen LogP) is 5.24. The number of halogens is 1. The molecule has 27 heavy (non-hydrogen) atoms. The molecule has 1 aromatic heterocycles. The summed E-state index contributed by atoms with van der Waals surface area (Å²) in [5, 5.41) is 5.08. The number of nitrogens with zero attached hydrogens (tertiary/aromatic N) is 1. The van der Waals surface area contributed by atoms with Gasteiger partial charge >= 0.3 is 5.97 Å². The van der Waals surface area contributed by atoms with E-state index in [1.807, 2.05) is 43.3 Å². The maximum Gasteiger partial charge on any atom is 0.328 e. The summed E-state index contributed by atoms with van der Waals surface area (Å²) < 4.78 is 5.26. The number of rotatable bonds is 3. The Bertz CT molecular complexity index is 989. The largest absolute Gasteiger partial charge is 0.464 e. The first-order chi connectivity index (χ1) is 13.2. The van der Waals surface area contributed by atoms with E-state index in [1.54, 1.807) is 0 Å². The minimum Gasteiger partial charge on any atom is -0.464 e. The number of carbonyl (C=O) groups is 1. The third-order valence-corrected chi connectivity index (χ3v) is 5.12. The lowest BCUT2D eigenvalue weighted by Gasteiger charge is -2.21. The van der Waals surface area contributed by atoms with Crippen LogP contribution in [0.1, 0.15) is 25.5 Å². The molecule has 1 aliphatic rings. The maximum atomic E-state index is 12.4. The first-order valence-electron chi connectivity index (χ1n) is 9.28. The van der Waals surface area contributed by atoms with E-state index in [0.29, 0.717) is 11.6 Å². The highest BCUT2D eigenvalue weighted by atomic mass is 35.5. The SMILES string of the molecule is CCOC(=O)C1CCCc2nc3ccc(Cl)cc3c(-c3ccccc3)c2N1. The Labute approximate surface area is 163 Å². The average Bonchev–Trinajstić information content (AvgIpc) is 2.89. The van der Waals surface area contributed by atoms with Crippen molar-refractivity contribution >= 4 is 34.2 Å². The van der Waals surface area contributed by atoms with Crippen molar-refractivity contribution < 1.29 is 9.53 Å². The molecule has 4 nitrogen and oxygen atoms in total. The van der Waals surface area contributed by atoms with Crippen LogP contribution in [0.3, 0.4) is 0 Å². The summed E-state index contributed by atoms with van der Waals surface area (Å²) in [6.07, 6.45) is 2.42. The van der Waals surface area contributed by atoms with E-state index in [4.69, 9.17) is 21.3 Å². The second-order valence-corrected chi connectivity index (χ2v) is 7.11. The summed E-state index contributed by atoms with van der Waals surface area (Å²) in [5.41, 5.74) is 4.91. The van der Waals surface area contributed by atoms with E-state index in [9.17, 15) is 4.79 Å². The van der Waals surface area contributed by atoms with Gasteiger partial charge in [-0.3, -0.25) is 4.98 Å². The van der Waals surface area contributed by atoms with E-state index in [2.05, 4.69) is 17.4 Å². The van der Waals surface area contributed by atoms with Crippen LogP contribution in [0, 0.1) is 0 Å². The molecule has 0 saturated carbocycles. The second kappa shape index (κ2) is 7.57. The van der Waals surface area contributed by atoms with Gasteiger partial charge in [0.1, 0.15) is 6.04 Å². The number of hydrogen-bond acceptors (Lipinski definition) is 4. The number of aromatic nitrogens is 1. The summed E-state index contributed by atoms with van der Waals surface area (Å²) in [6.45, 7) is 2.20. The minimum absolute atomic E-state index is 0.212. The van der Waals surface area contributed by atoms with Crippen molar-refractivity contribution in [3.05, 3.63) is 59.2 Å². The number of benzene rings is 2. The molecule has 0 saturated heterocycles. The van der Waals surface area contributed by atoms with Gasteiger partial charge in [0.15, 0.2) is 0 Å². The molecule has 0 aliphatic carbocycles. The summed E-state index contributed by atoms with van der Waals surface area (Å²) in [5.74, 6) is -0.212. The van der Waals surface area contributed by atoms with Crippen LogP contribution >= 0.6 is 11.6 Å². The van der Waals surface area contributed by atoms with Crippen molar-refractivity contribution in [3.8, 4) is 11.1 Å². The Morgan fingerprint density at radius 3 is 2.85 bits per heavy atom. The molecule has 1 aliphatic heterocycles. The molecule has 1 unspecified atom stereocenters. The normalized spacial score (nSPS) is 16.3. The van der Waals surface area contributed by atoms with Crippen molar-refractivity contribution in [3.63, 3.8) is 0 Å². The Kier molecular flexibility index (Phi) is 4.99. The van der Waals surface area contributed by atoms with Gasteiger partial charge in [-0.25, -0.2) is 4.79 Å². The average molecular weight is 381 g/mol. The summed E-state index contributed by atoms with van der Waals surface area (Å²) in [4.78, 5) is 17.3. The van der Waals surface area contributed by atoms with Crippen LogP contribution in [-0.2, 0) is 16.0 Å². The number of carbonyl (C=O) groups excluding carboxylic acids is 1. The molecule has 4 rings (SSSR count). The fraction of sp³-hybridized carbons (Fsp3) is 0.273. The zero-order chi connectivity index (χ0) is 18.8. The fourth-order valence-electron chi connectivity index (χ4n) is 3.67. The van der Waals surface area contributed by atoms with E-state index in [0.717, 1.165) is 52.7 Å². The monoisotopic (exact) mass is 380 g/mol. The highest BCUT2D eigenvalue weighted by Crippen LogP contribution is 2.40. The number of anilines is 1. The van der Waals surface area contributed by atoms with E-state index in [-0.39, 0.29) is 12.0 Å². The predicted molar refractivity (Wildman–Crippen MR) is 109 cm³/mol. The Morgan fingerprint density at radius 2 is 2.07 bits per heavy atom. The third-order valence-electron chi connectivity index (χ3n) is 4.88. The van der Waals surface area contributed by atoms with Gasteiger partial charge in [-0.05, 0) is 49.9 Å². The minimum atomic E-state index is -0.368. The van der Waals surface area contributed by atoms with Gasteiger partial charge in [0, 0.05) is 16.0 Å². The van der Waals surface area contributed by atoms with E-state index in [1.165, 1.54) is 0 Å². The van der Waals surface area contributed by atoms with E-state index >= 15 is 0 Å². The standard InChI is InChI=1S/C22H21ClN2O2/c1-2-27-22(26)19-10-6-9-18-21(25-19)20(14-7-4-3-5-8-14)16-13-15(23)11-12-17(16)24-18/h3-5,7-8,11-13,19,25H,2,6,9-10H2,1H3. The van der Waals surface area contributed by atoms with Crippen LogP contribution in [0.5, 0.6) is 0 Å². The molecule has 0 amide bonds. The summed E-state index contributed by atoms with van der Waals surface area (Å²) >= 11 is 6.29. The molecule has 0 fully saturated rings. The van der Waals surface area contributed by atoms with Gasteiger partial charge in [-0.15, -0.1) is 0 Å². The van der Waals surface area contributed by atoms with Crippen molar-refractivity contribution in [1.82, 2.24) is 4.98 Å². The van der Waals surface area contributed by atoms with Gasteiger partial charge in [0.25, 0.3) is 0 Å². The van der Waals surface area contributed by atoms with Crippen LogP contribution in [-0.4, -0.2) is 23.6 Å². The Morgan fingerprint density at radius 1 is 1.26 bits per heavy atom. The maximum absolute atomic E-state index is 12.4. The number of ether oxygens (including phenoxy) is 1. The number of fused-ring (bicyclic) bond motifs is 2. The van der Waals surface area contributed by atoms with Crippen molar-refractivity contribution in [2.75, 3.05) is 11.9 Å². The van der Waals surface area contributed by atoms with Crippen molar-refractivity contribution in [2.24, 2.45) is 0 Å². The van der Waals surface area contributed by atoms with Gasteiger partial charge in [-0.1, -0.05) is 41.9 Å². The smallest absolute Gasteiger partial charge is 0.328 e. The molecule has 138 valence electrons. The van der Waals surface area contributed by atoms with Gasteiger partial charge in [0.05, 0.1) is 23.5 Å². The molecule has 0 spiro atoms. The van der Waals surface area contributed by atoms with E-state index < -0.39 is 0 Å². The number of hydrogen-bond donors (Lipinski definition) is 1. The van der Waals surface area contributed by atoms with Crippen LogP contribution < -0.4 is 5.32 Å². The van der Waals surface area contributed by atoms with Crippen molar-refractivity contribution in [1.29, 1.82) is 0 Å². The topological polar surface area (TPSA) is 51.2 Å². The molecular formula is C22H21ClN2O2. The lowest BCUT2D eigenvalue weighted by Crippen LogP contribution is -2.31. The van der Waals surface area contributed by atoms with Crippen LogP contribution in [0.4, 0.5) is 5.69 Å². The number of esters is 1. The Balaban J connectivity index is 1.94. The number of nitrogens with one attached hydrogen (secondary N) is 1. The number of pyridine rings is 1. The molecule has 2 aromatic carbocycles. The van der Waals surface area contributed by atoms with Crippen LogP contribution in [0.15, 0.2) is 48.5 Å². The first-order valence-corrected chi connectivity index (χ1v) is 9.66. The summed E-state index contributed by atoms with van der Waals surface area (Å²) in [7, 11) is 0. The lowest BCUT2D eigenvalue weighted by molar-refractivity contribution is -0.144. The second-order valence-electron chi connectivity index (χ2n) is 6.68. The molecule has 3 aromatic rings. The van der Waals surface area contributed by atoms with Crippen LogP contribution in [0.25, 0.3) is 22.0 Å². The third kappa shape index (κ3) is 3.50. The molecule has 0 bridgehead atoms. The highest BCUT2D eigenvalue weighted by molar-refractivity contribution is 6.31. The number of aryl methyl sites for hydroxylation is 1. The van der Waals surface area contributed by atoms with Gasteiger partial charge in [-0.2, -0.15) is 0 Å².